The Hall–Kier alpha value is -2.13. The molecule has 2 aromatic carbocycles. The van der Waals surface area contributed by atoms with E-state index in [9.17, 15) is 4.79 Å². The van der Waals surface area contributed by atoms with Crippen LogP contribution in [0, 0.1) is 13.8 Å². The predicted molar refractivity (Wildman–Crippen MR) is 83.1 cm³/mol. The predicted octanol–water partition coefficient (Wildman–Crippen LogP) is 3.06. The first kappa shape index (κ1) is 14.3. The van der Waals surface area contributed by atoms with Gasteiger partial charge < -0.3 is 11.1 Å². The van der Waals surface area contributed by atoms with Crippen molar-refractivity contribution in [1.82, 2.24) is 0 Å². The van der Waals surface area contributed by atoms with Crippen LogP contribution in [0.4, 0.5) is 5.69 Å². The fourth-order valence-corrected chi connectivity index (χ4v) is 2.10. The summed E-state index contributed by atoms with van der Waals surface area (Å²) in [5, 5.41) is 2.97. The molecule has 0 spiro atoms. The van der Waals surface area contributed by atoms with Gasteiger partial charge >= 0.3 is 0 Å². The number of carbonyl (C=O) groups is 1. The van der Waals surface area contributed by atoms with Gasteiger partial charge in [0.15, 0.2) is 0 Å². The van der Waals surface area contributed by atoms with E-state index >= 15 is 0 Å². The van der Waals surface area contributed by atoms with Gasteiger partial charge in [0, 0.05) is 11.3 Å². The first-order valence-electron chi connectivity index (χ1n) is 6.78. The molecule has 2 rings (SSSR count). The highest BCUT2D eigenvalue weighted by Crippen LogP contribution is 2.17. The second-order valence-corrected chi connectivity index (χ2v) is 5.01. The highest BCUT2D eigenvalue weighted by molar-refractivity contribution is 6.04. The molecule has 0 aliphatic rings. The Labute approximate surface area is 119 Å². The van der Waals surface area contributed by atoms with Crippen molar-refractivity contribution in [3.05, 3.63) is 64.7 Å². The Morgan fingerprint density at radius 2 is 1.95 bits per heavy atom. The third-order valence-electron chi connectivity index (χ3n) is 3.26. The third kappa shape index (κ3) is 3.45. The summed E-state index contributed by atoms with van der Waals surface area (Å²) >= 11 is 0. The monoisotopic (exact) mass is 268 g/mol. The van der Waals surface area contributed by atoms with Crippen molar-refractivity contribution in [2.75, 3.05) is 11.9 Å². The molecular weight excluding hydrogens is 248 g/mol. The number of carbonyl (C=O) groups excluding carboxylic acids is 1. The van der Waals surface area contributed by atoms with Crippen molar-refractivity contribution in [3.8, 4) is 0 Å². The number of amides is 1. The average Bonchev–Trinajstić information content (AvgIpc) is 2.43. The van der Waals surface area contributed by atoms with E-state index in [0.717, 1.165) is 28.8 Å². The molecule has 0 heterocycles. The lowest BCUT2D eigenvalue weighted by Crippen LogP contribution is -2.13. The Kier molecular flexibility index (Phi) is 4.53. The summed E-state index contributed by atoms with van der Waals surface area (Å²) in [6, 6.07) is 13.6. The van der Waals surface area contributed by atoms with E-state index in [1.54, 1.807) is 0 Å². The molecule has 2 aromatic rings. The van der Waals surface area contributed by atoms with Gasteiger partial charge in [-0.15, -0.1) is 0 Å². The molecule has 0 radical (unpaired) electrons. The zero-order valence-corrected chi connectivity index (χ0v) is 11.9. The number of hydrogen-bond acceptors (Lipinski definition) is 2. The minimum absolute atomic E-state index is 0.0856. The highest BCUT2D eigenvalue weighted by Gasteiger charge is 2.08. The van der Waals surface area contributed by atoms with Gasteiger partial charge in [0.25, 0.3) is 5.91 Å². The van der Waals surface area contributed by atoms with Crippen molar-refractivity contribution in [1.29, 1.82) is 0 Å². The Balaban J connectivity index is 2.19. The van der Waals surface area contributed by atoms with Crippen molar-refractivity contribution in [2.24, 2.45) is 5.73 Å². The maximum atomic E-state index is 12.3. The Morgan fingerprint density at radius 1 is 1.15 bits per heavy atom. The van der Waals surface area contributed by atoms with Gasteiger partial charge in [-0.05, 0) is 61.7 Å². The molecule has 0 saturated heterocycles. The minimum Gasteiger partial charge on any atom is -0.330 e. The van der Waals surface area contributed by atoms with Crippen molar-refractivity contribution < 1.29 is 4.79 Å². The number of nitrogens with one attached hydrogen (secondary N) is 1. The molecule has 0 fully saturated rings. The summed E-state index contributed by atoms with van der Waals surface area (Å²) in [6.45, 7) is 4.58. The summed E-state index contributed by atoms with van der Waals surface area (Å²) in [6.07, 6.45) is 0.782. The zero-order valence-electron chi connectivity index (χ0n) is 11.9. The van der Waals surface area contributed by atoms with E-state index in [1.807, 2.05) is 56.3 Å². The second-order valence-electron chi connectivity index (χ2n) is 5.01. The molecule has 1 amide bonds. The van der Waals surface area contributed by atoms with Crippen LogP contribution in [-0.4, -0.2) is 12.5 Å². The summed E-state index contributed by atoms with van der Waals surface area (Å²) < 4.78 is 0. The fourth-order valence-electron chi connectivity index (χ4n) is 2.10. The van der Waals surface area contributed by atoms with Crippen LogP contribution < -0.4 is 11.1 Å². The lowest BCUT2D eigenvalue weighted by atomic mass is 10.1. The first-order valence-corrected chi connectivity index (χ1v) is 6.78. The SMILES string of the molecule is Cc1ccc(C)c(NC(=O)c2cccc(CCN)c2)c1. The second kappa shape index (κ2) is 6.35. The summed E-state index contributed by atoms with van der Waals surface area (Å²) in [7, 11) is 0. The van der Waals surface area contributed by atoms with Gasteiger partial charge in [-0.25, -0.2) is 0 Å². The van der Waals surface area contributed by atoms with Crippen LogP contribution in [0.5, 0.6) is 0 Å². The maximum absolute atomic E-state index is 12.3. The van der Waals surface area contributed by atoms with Crippen LogP contribution in [-0.2, 0) is 6.42 Å². The third-order valence-corrected chi connectivity index (χ3v) is 3.26. The normalized spacial score (nSPS) is 10.3. The van der Waals surface area contributed by atoms with Gasteiger partial charge in [-0.1, -0.05) is 24.3 Å². The number of nitrogens with two attached hydrogens (primary N) is 1. The number of anilines is 1. The van der Waals surface area contributed by atoms with Gasteiger partial charge in [-0.3, -0.25) is 4.79 Å². The lowest BCUT2D eigenvalue weighted by molar-refractivity contribution is 0.102. The molecule has 3 heteroatoms. The smallest absolute Gasteiger partial charge is 0.255 e. The van der Waals surface area contributed by atoms with E-state index in [4.69, 9.17) is 5.73 Å². The summed E-state index contributed by atoms with van der Waals surface area (Å²) in [4.78, 5) is 12.3. The fraction of sp³-hybridized carbons (Fsp3) is 0.235. The van der Waals surface area contributed by atoms with Crippen LogP contribution in [0.15, 0.2) is 42.5 Å². The molecule has 0 atom stereocenters. The molecule has 104 valence electrons. The molecule has 0 saturated carbocycles. The first-order chi connectivity index (χ1) is 9.60. The van der Waals surface area contributed by atoms with Crippen molar-refractivity contribution in [3.63, 3.8) is 0 Å². The minimum atomic E-state index is -0.0856. The molecule has 0 aliphatic heterocycles. The molecule has 3 nitrogen and oxygen atoms in total. The van der Waals surface area contributed by atoms with Crippen LogP contribution in [0.25, 0.3) is 0 Å². The van der Waals surface area contributed by atoms with Gasteiger partial charge in [0.2, 0.25) is 0 Å². The molecular formula is C17H20N2O. The van der Waals surface area contributed by atoms with E-state index < -0.39 is 0 Å². The Bertz CT molecular complexity index is 620. The van der Waals surface area contributed by atoms with Gasteiger partial charge in [-0.2, -0.15) is 0 Å². The van der Waals surface area contributed by atoms with Gasteiger partial charge in [0.05, 0.1) is 0 Å². The Morgan fingerprint density at radius 3 is 2.70 bits per heavy atom. The topological polar surface area (TPSA) is 55.1 Å². The lowest BCUT2D eigenvalue weighted by Gasteiger charge is -2.10. The molecule has 3 N–H and O–H groups in total. The standard InChI is InChI=1S/C17H20N2O/c1-12-6-7-13(2)16(10-12)19-17(20)15-5-3-4-14(11-15)8-9-18/h3-7,10-11H,8-9,18H2,1-2H3,(H,19,20). The molecule has 0 unspecified atom stereocenters. The average molecular weight is 268 g/mol. The number of benzene rings is 2. The molecule has 20 heavy (non-hydrogen) atoms. The largest absolute Gasteiger partial charge is 0.330 e. The number of rotatable bonds is 4. The van der Waals surface area contributed by atoms with Crippen molar-refractivity contribution in [2.45, 2.75) is 20.3 Å². The van der Waals surface area contributed by atoms with Crippen LogP contribution in [0.1, 0.15) is 27.0 Å². The quantitative estimate of drug-likeness (QED) is 0.895. The highest BCUT2D eigenvalue weighted by atomic mass is 16.1. The molecule has 0 aliphatic carbocycles. The van der Waals surface area contributed by atoms with Crippen LogP contribution in [0.2, 0.25) is 0 Å². The van der Waals surface area contributed by atoms with E-state index in [2.05, 4.69) is 5.32 Å². The van der Waals surface area contributed by atoms with Crippen molar-refractivity contribution >= 4 is 11.6 Å². The summed E-state index contributed by atoms with van der Waals surface area (Å²) in [5.41, 5.74) is 10.3. The number of aryl methyl sites for hydroxylation is 2. The van der Waals surface area contributed by atoms with Gasteiger partial charge in [0.1, 0.15) is 0 Å². The van der Waals surface area contributed by atoms with E-state index in [-0.39, 0.29) is 5.91 Å². The maximum Gasteiger partial charge on any atom is 0.255 e. The van der Waals surface area contributed by atoms with Crippen LogP contribution in [0.3, 0.4) is 0 Å². The number of hydrogen-bond donors (Lipinski definition) is 2. The van der Waals surface area contributed by atoms with Crippen LogP contribution >= 0.6 is 0 Å². The van der Waals surface area contributed by atoms with E-state index in [0.29, 0.717) is 12.1 Å². The van der Waals surface area contributed by atoms with E-state index in [1.165, 1.54) is 0 Å². The molecule has 0 aromatic heterocycles. The molecule has 0 bridgehead atoms. The zero-order chi connectivity index (χ0) is 14.5. The summed E-state index contributed by atoms with van der Waals surface area (Å²) in [5.74, 6) is -0.0856.